The van der Waals surface area contributed by atoms with Crippen LogP contribution in [-0.2, 0) is 21.1 Å². The summed E-state index contributed by atoms with van der Waals surface area (Å²) in [5.41, 5.74) is 3.90. The van der Waals surface area contributed by atoms with Crippen LogP contribution in [0.2, 0.25) is 0 Å². The molecule has 0 aliphatic carbocycles. The molecule has 0 fully saturated rings. The average molecular weight is 664 g/mol. The summed E-state index contributed by atoms with van der Waals surface area (Å²) in [5, 5.41) is 17.8. The Balaban J connectivity index is 0.000000253. The molecule has 9 heteroatoms. The molecule has 0 amide bonds. The first-order chi connectivity index (χ1) is 17.5. The molecule has 0 N–H and O–H groups in total. The first kappa shape index (κ1) is 28.2. The van der Waals surface area contributed by atoms with Crippen LogP contribution < -0.4 is 9.47 Å². The molecule has 8 nitrogen and oxygen atoms in total. The summed E-state index contributed by atoms with van der Waals surface area (Å²) in [6.07, 6.45) is 3.22. The van der Waals surface area contributed by atoms with E-state index in [2.05, 4.69) is 31.8 Å². The zero-order valence-electron chi connectivity index (χ0n) is 19.6. The molecule has 0 aliphatic rings. The molecule has 0 atom stereocenters. The van der Waals surface area contributed by atoms with Crippen molar-refractivity contribution in [2.45, 2.75) is 0 Å². The van der Waals surface area contributed by atoms with Crippen molar-refractivity contribution < 1.29 is 30.5 Å². The van der Waals surface area contributed by atoms with Crippen molar-refractivity contribution in [2.75, 3.05) is 14.2 Å². The molecule has 0 aliphatic heterocycles. The predicted octanol–water partition coefficient (Wildman–Crippen LogP) is 5.96. The molecular formula is C28H16N6O2Pt. The van der Waals surface area contributed by atoms with E-state index in [1.54, 1.807) is 63.0 Å². The van der Waals surface area contributed by atoms with E-state index < -0.39 is 0 Å². The van der Waals surface area contributed by atoms with Crippen molar-refractivity contribution in [1.82, 2.24) is 9.97 Å². The van der Waals surface area contributed by atoms with E-state index in [0.717, 1.165) is 0 Å². The number of rotatable bonds is 4. The minimum absolute atomic E-state index is 0. The van der Waals surface area contributed by atoms with Gasteiger partial charge in [-0.2, -0.15) is 5.26 Å². The normalized spacial score (nSPS) is 9.03. The molecule has 4 aromatic rings. The molecule has 0 bridgehead atoms. The molecule has 0 unspecified atom stereocenters. The van der Waals surface area contributed by atoms with E-state index in [9.17, 15) is 0 Å². The molecular weight excluding hydrogens is 647 g/mol. The van der Waals surface area contributed by atoms with E-state index in [1.165, 1.54) is 12.1 Å². The predicted molar refractivity (Wildman–Crippen MR) is 132 cm³/mol. The Bertz CT molecular complexity index is 1390. The van der Waals surface area contributed by atoms with Crippen LogP contribution in [0.5, 0.6) is 11.5 Å². The third-order valence-corrected chi connectivity index (χ3v) is 4.69. The summed E-state index contributed by atoms with van der Waals surface area (Å²) >= 11 is 0. The number of hydrogen-bond acceptors (Lipinski definition) is 6. The van der Waals surface area contributed by atoms with E-state index in [1.807, 2.05) is 12.1 Å². The Labute approximate surface area is 229 Å². The summed E-state index contributed by atoms with van der Waals surface area (Å²) < 4.78 is 10.2. The maximum atomic E-state index is 8.92. The minimum atomic E-state index is 0. The van der Waals surface area contributed by atoms with Crippen LogP contribution in [0, 0.1) is 47.9 Å². The number of benzene rings is 2. The van der Waals surface area contributed by atoms with E-state index in [-0.39, 0.29) is 21.1 Å². The molecule has 2 aromatic carbocycles. The second kappa shape index (κ2) is 13.8. The van der Waals surface area contributed by atoms with Gasteiger partial charge in [0, 0.05) is 18.1 Å². The Hall–Kier alpha value is -5.01. The standard InChI is InChI=1S/2C14H8N3O.Pt/c2*1-16-12-6-10(9-15)5-11(7-12)14-8-13(18-2)3-4-17-14;/h3-4,6-8H,2H3;3-6,8H,2H3;/q2*-1;+2. The van der Waals surface area contributed by atoms with Gasteiger partial charge in [-0.1, -0.05) is 5.56 Å². The van der Waals surface area contributed by atoms with Crippen molar-refractivity contribution in [3.05, 3.63) is 107 Å². The topological polar surface area (TPSA) is 101 Å². The summed E-state index contributed by atoms with van der Waals surface area (Å²) in [5.74, 6) is 1.33. The van der Waals surface area contributed by atoms with Gasteiger partial charge in [0.2, 0.25) is 0 Å². The first-order valence-corrected chi connectivity index (χ1v) is 10.2. The fourth-order valence-electron chi connectivity index (χ4n) is 3.01. The Morgan fingerprint density at radius 2 is 1.38 bits per heavy atom. The van der Waals surface area contributed by atoms with Crippen LogP contribution in [0.4, 0.5) is 11.4 Å². The minimum Gasteiger partial charge on any atom is -0.497 e. The van der Waals surface area contributed by atoms with Crippen LogP contribution >= 0.6 is 0 Å². The summed E-state index contributed by atoms with van der Waals surface area (Å²) in [6, 6.07) is 23.1. The van der Waals surface area contributed by atoms with E-state index in [0.29, 0.717) is 56.5 Å². The number of methoxy groups -OCH3 is 2. The molecule has 0 spiro atoms. The molecule has 180 valence electrons. The second-order valence-electron chi connectivity index (χ2n) is 6.94. The van der Waals surface area contributed by atoms with E-state index >= 15 is 0 Å². The number of aromatic nitrogens is 2. The number of nitrogens with zero attached hydrogens (tertiary/aromatic N) is 6. The summed E-state index contributed by atoms with van der Waals surface area (Å²) in [4.78, 5) is 15.0. The van der Waals surface area contributed by atoms with Gasteiger partial charge in [0.15, 0.2) is 0 Å². The summed E-state index contributed by atoms with van der Waals surface area (Å²) in [7, 11) is 3.14. The third-order valence-electron chi connectivity index (χ3n) is 4.69. The molecule has 0 saturated heterocycles. The molecule has 37 heavy (non-hydrogen) atoms. The smallest absolute Gasteiger partial charge is 0.497 e. The zero-order chi connectivity index (χ0) is 25.9. The molecule has 2 aromatic heterocycles. The average Bonchev–Trinajstić information content (AvgIpc) is 2.96. The van der Waals surface area contributed by atoms with Gasteiger partial charge >= 0.3 is 21.1 Å². The fourth-order valence-corrected chi connectivity index (χ4v) is 3.01. The van der Waals surface area contributed by atoms with Gasteiger partial charge in [-0.3, -0.25) is 14.7 Å². The van der Waals surface area contributed by atoms with Crippen molar-refractivity contribution in [3.8, 4) is 46.2 Å². The van der Waals surface area contributed by atoms with Crippen molar-refractivity contribution in [1.29, 1.82) is 10.5 Å². The van der Waals surface area contributed by atoms with Gasteiger partial charge in [-0.05, 0) is 41.6 Å². The Morgan fingerprint density at radius 1 is 0.784 bits per heavy atom. The van der Waals surface area contributed by atoms with Crippen molar-refractivity contribution in [2.24, 2.45) is 0 Å². The maximum absolute atomic E-state index is 8.92. The largest absolute Gasteiger partial charge is 2.00 e. The van der Waals surface area contributed by atoms with Crippen molar-refractivity contribution in [3.63, 3.8) is 0 Å². The van der Waals surface area contributed by atoms with Gasteiger partial charge in [-0.25, -0.2) is 5.26 Å². The van der Waals surface area contributed by atoms with Crippen molar-refractivity contribution >= 4 is 11.4 Å². The molecule has 0 radical (unpaired) electrons. The Morgan fingerprint density at radius 3 is 1.86 bits per heavy atom. The number of ether oxygens (including phenoxy) is 2. The zero-order valence-corrected chi connectivity index (χ0v) is 21.9. The SMILES string of the molecule is [C-]#[N+]c1[c-]c(-c2cc(OC)ccn2)cc(C#N)c1.[C-]#[N+]c1cc(C#N)[c-]c(-c2cc(OC)ccn2)c1.[Pt+2]. The van der Waals surface area contributed by atoms with Gasteiger partial charge < -0.3 is 14.5 Å². The van der Waals surface area contributed by atoms with Crippen LogP contribution in [0.3, 0.4) is 0 Å². The maximum Gasteiger partial charge on any atom is 2.00 e. The van der Waals surface area contributed by atoms with Gasteiger partial charge in [-0.15, -0.1) is 47.5 Å². The van der Waals surface area contributed by atoms with Crippen LogP contribution in [0.1, 0.15) is 11.1 Å². The first-order valence-electron chi connectivity index (χ1n) is 10.2. The quantitative estimate of drug-likeness (QED) is 0.250. The molecule has 2 heterocycles. The molecule has 0 saturated carbocycles. The monoisotopic (exact) mass is 663 g/mol. The van der Waals surface area contributed by atoms with Crippen LogP contribution in [0.15, 0.2) is 60.9 Å². The third kappa shape index (κ3) is 7.48. The fraction of sp³-hybridized carbons (Fsp3) is 0.0714. The number of nitriles is 2. The van der Waals surface area contributed by atoms with Gasteiger partial charge in [0.1, 0.15) is 22.9 Å². The van der Waals surface area contributed by atoms with Crippen LogP contribution in [0.25, 0.3) is 32.2 Å². The number of pyridine rings is 2. The van der Waals surface area contributed by atoms with Gasteiger partial charge in [0.25, 0.3) is 0 Å². The Kier molecular flexibility index (Phi) is 10.5. The van der Waals surface area contributed by atoms with Crippen LogP contribution in [-0.4, -0.2) is 24.2 Å². The summed E-state index contributed by atoms with van der Waals surface area (Å²) in [6.45, 7) is 14.0. The number of hydrogen-bond donors (Lipinski definition) is 0. The second-order valence-corrected chi connectivity index (χ2v) is 6.94. The molecule has 4 rings (SSSR count). The van der Waals surface area contributed by atoms with E-state index in [4.69, 9.17) is 33.1 Å². The van der Waals surface area contributed by atoms with Gasteiger partial charge in [0.05, 0.1) is 33.4 Å².